The molecule has 3 heterocycles. The van der Waals surface area contributed by atoms with Crippen LogP contribution in [0.4, 0.5) is 11.4 Å². The third-order valence-corrected chi connectivity index (χ3v) is 4.57. The number of ether oxygens (including phenoxy) is 1. The summed E-state index contributed by atoms with van der Waals surface area (Å²) < 4.78 is 6.96. The first-order valence-corrected chi connectivity index (χ1v) is 8.47. The molecule has 0 spiro atoms. The van der Waals surface area contributed by atoms with E-state index < -0.39 is 0 Å². The van der Waals surface area contributed by atoms with Crippen molar-refractivity contribution in [3.05, 3.63) is 59.4 Å². The molecule has 0 radical (unpaired) electrons. The lowest BCUT2D eigenvalue weighted by atomic mass is 10.2. The van der Waals surface area contributed by atoms with E-state index in [1.807, 2.05) is 42.5 Å². The second-order valence-corrected chi connectivity index (χ2v) is 6.17. The summed E-state index contributed by atoms with van der Waals surface area (Å²) in [6.07, 6.45) is 1.76. The molecule has 1 fully saturated rings. The predicted molar refractivity (Wildman–Crippen MR) is 97.6 cm³/mol. The van der Waals surface area contributed by atoms with Gasteiger partial charge in [-0.15, -0.1) is 0 Å². The summed E-state index contributed by atoms with van der Waals surface area (Å²) in [5.74, 6) is -0.326. The van der Waals surface area contributed by atoms with Crippen molar-refractivity contribution in [1.82, 2.24) is 9.61 Å². The molecule has 1 N–H and O–H groups in total. The normalized spacial score (nSPS) is 14.7. The van der Waals surface area contributed by atoms with Gasteiger partial charge < -0.3 is 15.0 Å². The lowest BCUT2D eigenvalue weighted by Gasteiger charge is -2.28. The van der Waals surface area contributed by atoms with Gasteiger partial charge in [-0.1, -0.05) is 17.7 Å². The lowest BCUT2D eigenvalue weighted by molar-refractivity contribution is 0.102. The number of carbonyl (C=O) groups is 1. The van der Waals surface area contributed by atoms with Gasteiger partial charge >= 0.3 is 0 Å². The molecule has 0 bridgehead atoms. The Kier molecular flexibility index (Phi) is 4.29. The number of fused-ring (bicyclic) bond motifs is 1. The summed E-state index contributed by atoms with van der Waals surface area (Å²) in [5.41, 5.74) is 2.74. The fourth-order valence-corrected chi connectivity index (χ4v) is 3.15. The molecule has 25 heavy (non-hydrogen) atoms. The quantitative estimate of drug-likeness (QED) is 0.783. The number of nitrogens with zero attached hydrogens (tertiary/aromatic N) is 3. The van der Waals surface area contributed by atoms with Gasteiger partial charge in [0.05, 0.1) is 23.8 Å². The highest BCUT2D eigenvalue weighted by Crippen LogP contribution is 2.23. The Bertz CT molecular complexity index is 901. The van der Waals surface area contributed by atoms with E-state index in [1.54, 1.807) is 10.7 Å². The summed E-state index contributed by atoms with van der Waals surface area (Å²) in [5, 5.41) is 7.45. The van der Waals surface area contributed by atoms with Gasteiger partial charge in [0.2, 0.25) is 0 Å². The van der Waals surface area contributed by atoms with Crippen LogP contribution in [-0.4, -0.2) is 41.8 Å². The average Bonchev–Trinajstić information content (AvgIpc) is 3.00. The standard InChI is InChI=1S/C18H17ClN4O2/c19-16-15-3-1-2-8-23(15)21-17(16)18(24)20-13-4-6-14(7-5-13)22-9-11-25-12-10-22/h1-8H,9-12H2,(H,20,24). The molecule has 1 aliphatic rings. The van der Waals surface area contributed by atoms with Crippen LogP contribution < -0.4 is 10.2 Å². The highest BCUT2D eigenvalue weighted by atomic mass is 35.5. The van der Waals surface area contributed by atoms with E-state index in [4.69, 9.17) is 16.3 Å². The molecule has 2 aromatic heterocycles. The lowest BCUT2D eigenvalue weighted by Crippen LogP contribution is -2.36. The summed E-state index contributed by atoms with van der Waals surface area (Å²) in [6, 6.07) is 13.3. The van der Waals surface area contributed by atoms with Gasteiger partial charge in [0.1, 0.15) is 0 Å². The molecule has 1 saturated heterocycles. The molecule has 1 amide bonds. The number of anilines is 2. The summed E-state index contributed by atoms with van der Waals surface area (Å²) >= 11 is 6.28. The zero-order valence-corrected chi connectivity index (χ0v) is 14.2. The number of amides is 1. The van der Waals surface area contributed by atoms with Gasteiger partial charge in [0, 0.05) is 30.7 Å². The van der Waals surface area contributed by atoms with Gasteiger partial charge in [-0.3, -0.25) is 4.79 Å². The minimum Gasteiger partial charge on any atom is -0.378 e. The van der Waals surface area contributed by atoms with E-state index in [1.165, 1.54) is 0 Å². The third kappa shape index (κ3) is 3.18. The van der Waals surface area contributed by atoms with E-state index >= 15 is 0 Å². The van der Waals surface area contributed by atoms with Crippen molar-refractivity contribution in [1.29, 1.82) is 0 Å². The summed E-state index contributed by atoms with van der Waals surface area (Å²) in [7, 11) is 0. The Balaban J connectivity index is 1.51. The molecule has 0 aliphatic carbocycles. The van der Waals surface area contributed by atoms with Crippen molar-refractivity contribution in [3.8, 4) is 0 Å². The van der Waals surface area contributed by atoms with Crippen LogP contribution in [0.5, 0.6) is 0 Å². The molecule has 128 valence electrons. The van der Waals surface area contributed by atoms with E-state index in [2.05, 4.69) is 15.3 Å². The molecular formula is C18H17ClN4O2. The maximum Gasteiger partial charge on any atom is 0.277 e. The number of hydrogen-bond donors (Lipinski definition) is 1. The molecule has 7 heteroatoms. The van der Waals surface area contributed by atoms with Crippen molar-refractivity contribution >= 4 is 34.4 Å². The van der Waals surface area contributed by atoms with E-state index in [-0.39, 0.29) is 11.6 Å². The monoisotopic (exact) mass is 356 g/mol. The average molecular weight is 357 g/mol. The minimum atomic E-state index is -0.326. The second kappa shape index (κ2) is 6.74. The van der Waals surface area contributed by atoms with Crippen LogP contribution in [0.1, 0.15) is 10.5 Å². The number of aromatic nitrogens is 2. The van der Waals surface area contributed by atoms with Crippen molar-refractivity contribution in [2.45, 2.75) is 0 Å². The van der Waals surface area contributed by atoms with Crippen LogP contribution in [0.25, 0.3) is 5.52 Å². The topological polar surface area (TPSA) is 58.9 Å². The first-order valence-electron chi connectivity index (χ1n) is 8.09. The van der Waals surface area contributed by atoms with E-state index in [9.17, 15) is 4.79 Å². The molecule has 0 saturated carbocycles. The van der Waals surface area contributed by atoms with Crippen molar-refractivity contribution in [2.24, 2.45) is 0 Å². The molecule has 4 rings (SSSR count). The highest BCUT2D eigenvalue weighted by molar-refractivity contribution is 6.37. The first-order chi connectivity index (χ1) is 12.2. The number of nitrogens with one attached hydrogen (secondary N) is 1. The van der Waals surface area contributed by atoms with Crippen LogP contribution in [0, 0.1) is 0 Å². The Labute approximate surface area is 150 Å². The van der Waals surface area contributed by atoms with Crippen LogP contribution in [0.2, 0.25) is 5.02 Å². The number of pyridine rings is 1. The fourth-order valence-electron chi connectivity index (χ4n) is 2.88. The molecule has 6 nitrogen and oxygen atoms in total. The Hall–Kier alpha value is -2.57. The number of hydrogen-bond acceptors (Lipinski definition) is 4. The number of carbonyl (C=O) groups excluding carboxylic acids is 1. The van der Waals surface area contributed by atoms with Crippen LogP contribution in [0.3, 0.4) is 0 Å². The van der Waals surface area contributed by atoms with Crippen molar-refractivity contribution in [2.75, 3.05) is 36.5 Å². The SMILES string of the molecule is O=C(Nc1ccc(N2CCOCC2)cc1)c1nn2ccccc2c1Cl. The van der Waals surface area contributed by atoms with Gasteiger partial charge in [-0.2, -0.15) is 5.10 Å². The van der Waals surface area contributed by atoms with Crippen LogP contribution >= 0.6 is 11.6 Å². The Morgan fingerprint density at radius 1 is 1.12 bits per heavy atom. The first kappa shape index (κ1) is 15.9. The van der Waals surface area contributed by atoms with Gasteiger partial charge in [0.15, 0.2) is 5.69 Å². The Morgan fingerprint density at radius 2 is 1.88 bits per heavy atom. The smallest absolute Gasteiger partial charge is 0.277 e. The number of benzene rings is 1. The second-order valence-electron chi connectivity index (χ2n) is 5.79. The molecule has 0 atom stereocenters. The highest BCUT2D eigenvalue weighted by Gasteiger charge is 2.18. The zero-order chi connectivity index (χ0) is 17.2. The maximum absolute atomic E-state index is 12.5. The van der Waals surface area contributed by atoms with E-state index in [0.29, 0.717) is 16.2 Å². The molecular weight excluding hydrogens is 340 g/mol. The van der Waals surface area contributed by atoms with Crippen LogP contribution in [-0.2, 0) is 4.74 Å². The number of rotatable bonds is 3. The molecule has 0 unspecified atom stereocenters. The zero-order valence-electron chi connectivity index (χ0n) is 13.5. The van der Waals surface area contributed by atoms with Gasteiger partial charge in [0.25, 0.3) is 5.91 Å². The third-order valence-electron chi connectivity index (χ3n) is 4.20. The fraction of sp³-hybridized carbons (Fsp3) is 0.222. The van der Waals surface area contributed by atoms with Crippen molar-refractivity contribution < 1.29 is 9.53 Å². The van der Waals surface area contributed by atoms with Gasteiger partial charge in [-0.25, -0.2) is 4.52 Å². The molecule has 1 aliphatic heterocycles. The number of halogens is 1. The number of morpholine rings is 1. The molecule has 1 aromatic carbocycles. The molecule has 3 aromatic rings. The predicted octanol–water partition coefficient (Wildman–Crippen LogP) is 3.08. The Morgan fingerprint density at radius 3 is 2.60 bits per heavy atom. The minimum absolute atomic E-state index is 0.213. The van der Waals surface area contributed by atoms with Crippen molar-refractivity contribution in [3.63, 3.8) is 0 Å². The summed E-state index contributed by atoms with van der Waals surface area (Å²) in [4.78, 5) is 14.8. The maximum atomic E-state index is 12.5. The van der Waals surface area contributed by atoms with Gasteiger partial charge in [-0.05, 0) is 36.4 Å². The van der Waals surface area contributed by atoms with Crippen LogP contribution in [0.15, 0.2) is 48.7 Å². The largest absolute Gasteiger partial charge is 0.378 e. The van der Waals surface area contributed by atoms with E-state index in [0.717, 1.165) is 32.0 Å². The summed E-state index contributed by atoms with van der Waals surface area (Å²) in [6.45, 7) is 3.24.